The molecule has 4 rings (SSSR count). The molecule has 2 aromatic carbocycles. The van der Waals surface area contributed by atoms with Crippen molar-refractivity contribution < 1.29 is 9.18 Å². The van der Waals surface area contributed by atoms with E-state index in [0.29, 0.717) is 29.7 Å². The van der Waals surface area contributed by atoms with E-state index >= 15 is 0 Å². The zero-order valence-electron chi connectivity index (χ0n) is 13.5. The van der Waals surface area contributed by atoms with Gasteiger partial charge in [0.25, 0.3) is 5.91 Å². The molecule has 0 atom stereocenters. The van der Waals surface area contributed by atoms with Gasteiger partial charge in [-0.1, -0.05) is 12.1 Å². The molecule has 1 amide bonds. The molecular formula is C19H16FN3O. The number of rotatable bonds is 1. The number of anilines is 1. The third kappa shape index (κ3) is 2.24. The van der Waals surface area contributed by atoms with E-state index in [9.17, 15) is 9.18 Å². The molecule has 0 aliphatic carbocycles. The fourth-order valence-corrected chi connectivity index (χ4v) is 3.13. The van der Waals surface area contributed by atoms with E-state index in [-0.39, 0.29) is 11.7 Å². The number of halogens is 1. The molecule has 24 heavy (non-hydrogen) atoms. The molecule has 0 bridgehead atoms. The Labute approximate surface area is 139 Å². The molecule has 5 heteroatoms. The second-order valence-corrected chi connectivity index (χ2v) is 6.05. The van der Waals surface area contributed by atoms with Crippen molar-refractivity contribution in [1.82, 2.24) is 9.97 Å². The largest absolute Gasteiger partial charge is 0.305 e. The predicted molar refractivity (Wildman–Crippen MR) is 90.8 cm³/mol. The fraction of sp³-hybridized carbons (Fsp3) is 0.211. The van der Waals surface area contributed by atoms with Crippen LogP contribution in [-0.4, -0.2) is 22.4 Å². The van der Waals surface area contributed by atoms with Crippen LogP contribution in [-0.2, 0) is 6.42 Å². The third-order valence-electron chi connectivity index (χ3n) is 4.51. The van der Waals surface area contributed by atoms with Gasteiger partial charge in [-0.05, 0) is 50.1 Å². The molecule has 4 nitrogen and oxygen atoms in total. The van der Waals surface area contributed by atoms with Crippen molar-refractivity contribution in [2.75, 3.05) is 11.4 Å². The summed E-state index contributed by atoms with van der Waals surface area (Å²) in [5.41, 5.74) is 4.90. The Morgan fingerprint density at radius 1 is 1.08 bits per heavy atom. The number of carbonyl (C=O) groups is 1. The first-order chi connectivity index (χ1) is 11.5. The lowest BCUT2D eigenvalue weighted by Crippen LogP contribution is -2.29. The van der Waals surface area contributed by atoms with Gasteiger partial charge in [0.1, 0.15) is 5.82 Å². The van der Waals surface area contributed by atoms with Crippen LogP contribution >= 0.6 is 0 Å². The average molecular weight is 321 g/mol. The van der Waals surface area contributed by atoms with Gasteiger partial charge in [-0.2, -0.15) is 0 Å². The van der Waals surface area contributed by atoms with Crippen LogP contribution in [0.25, 0.3) is 11.0 Å². The van der Waals surface area contributed by atoms with Crippen LogP contribution in [0.2, 0.25) is 0 Å². The van der Waals surface area contributed by atoms with Crippen molar-refractivity contribution in [3.63, 3.8) is 0 Å². The number of nitrogens with zero attached hydrogens (tertiary/aromatic N) is 3. The van der Waals surface area contributed by atoms with E-state index in [1.807, 2.05) is 19.9 Å². The Morgan fingerprint density at radius 3 is 2.62 bits per heavy atom. The molecule has 0 unspecified atom stereocenters. The highest BCUT2D eigenvalue weighted by atomic mass is 19.1. The van der Waals surface area contributed by atoms with E-state index in [4.69, 9.17) is 0 Å². The van der Waals surface area contributed by atoms with Gasteiger partial charge in [-0.25, -0.2) is 14.4 Å². The summed E-state index contributed by atoms with van der Waals surface area (Å²) in [6, 6.07) is 10.2. The zero-order chi connectivity index (χ0) is 16.8. The van der Waals surface area contributed by atoms with Crippen molar-refractivity contribution in [3.05, 3.63) is 64.7 Å². The Balaban J connectivity index is 1.76. The molecule has 120 valence electrons. The van der Waals surface area contributed by atoms with Crippen molar-refractivity contribution in [2.24, 2.45) is 0 Å². The van der Waals surface area contributed by atoms with Gasteiger partial charge in [-0.3, -0.25) is 4.79 Å². The van der Waals surface area contributed by atoms with Crippen molar-refractivity contribution >= 4 is 22.6 Å². The van der Waals surface area contributed by atoms with Gasteiger partial charge in [0, 0.05) is 12.1 Å². The monoisotopic (exact) mass is 321 g/mol. The fourth-order valence-electron chi connectivity index (χ4n) is 3.13. The van der Waals surface area contributed by atoms with E-state index < -0.39 is 0 Å². The quantitative estimate of drug-likeness (QED) is 0.688. The molecule has 0 radical (unpaired) electrons. The van der Waals surface area contributed by atoms with Crippen molar-refractivity contribution in [3.8, 4) is 0 Å². The summed E-state index contributed by atoms with van der Waals surface area (Å²) in [6.45, 7) is 4.29. The number of aromatic nitrogens is 2. The van der Waals surface area contributed by atoms with Gasteiger partial charge >= 0.3 is 0 Å². The van der Waals surface area contributed by atoms with Crippen LogP contribution < -0.4 is 4.90 Å². The molecule has 1 aliphatic heterocycles. The molecule has 3 aromatic rings. The first kappa shape index (κ1) is 14.8. The molecule has 0 spiro atoms. The molecule has 0 saturated heterocycles. The SMILES string of the molecule is Cc1nc2ccc(C(=O)N3CCc4cccc(F)c43)cc2nc1C. The maximum absolute atomic E-state index is 14.2. The van der Waals surface area contributed by atoms with Gasteiger partial charge in [0.15, 0.2) is 0 Å². The number of benzene rings is 2. The molecule has 0 saturated carbocycles. The first-order valence-electron chi connectivity index (χ1n) is 7.89. The lowest BCUT2D eigenvalue weighted by atomic mass is 10.1. The molecule has 0 N–H and O–H groups in total. The summed E-state index contributed by atoms with van der Waals surface area (Å²) in [5.74, 6) is -0.564. The Hall–Kier alpha value is -2.82. The summed E-state index contributed by atoms with van der Waals surface area (Å²) < 4.78 is 14.2. The van der Waals surface area contributed by atoms with Crippen LogP contribution in [0.1, 0.15) is 27.3 Å². The topological polar surface area (TPSA) is 46.1 Å². The van der Waals surface area contributed by atoms with E-state index in [2.05, 4.69) is 9.97 Å². The van der Waals surface area contributed by atoms with Crippen LogP contribution in [0.4, 0.5) is 10.1 Å². The highest BCUT2D eigenvalue weighted by Crippen LogP contribution is 2.32. The second-order valence-electron chi connectivity index (χ2n) is 6.05. The number of para-hydroxylation sites is 1. The van der Waals surface area contributed by atoms with E-state index in [0.717, 1.165) is 22.5 Å². The van der Waals surface area contributed by atoms with Gasteiger partial charge in [0.2, 0.25) is 0 Å². The van der Waals surface area contributed by atoms with E-state index in [1.54, 1.807) is 24.3 Å². The van der Waals surface area contributed by atoms with Gasteiger partial charge < -0.3 is 4.90 Å². The number of aryl methyl sites for hydroxylation is 2. The predicted octanol–water partition coefficient (Wildman–Crippen LogP) is 3.59. The summed E-state index contributed by atoms with van der Waals surface area (Å²) in [4.78, 5) is 23.4. The Kier molecular flexibility index (Phi) is 3.30. The number of fused-ring (bicyclic) bond motifs is 2. The lowest BCUT2D eigenvalue weighted by molar-refractivity contribution is 0.0988. The molecule has 0 fully saturated rings. The maximum atomic E-state index is 14.2. The van der Waals surface area contributed by atoms with Crippen molar-refractivity contribution in [1.29, 1.82) is 0 Å². The molecule has 1 aromatic heterocycles. The minimum absolute atomic E-state index is 0.208. The van der Waals surface area contributed by atoms with Crippen LogP contribution in [0.3, 0.4) is 0 Å². The van der Waals surface area contributed by atoms with Crippen LogP contribution in [0.5, 0.6) is 0 Å². The zero-order valence-corrected chi connectivity index (χ0v) is 13.5. The highest BCUT2D eigenvalue weighted by molar-refractivity contribution is 6.08. The van der Waals surface area contributed by atoms with E-state index in [1.165, 1.54) is 11.0 Å². The standard InChI is InChI=1S/C19H16FN3O/c1-11-12(2)22-17-10-14(6-7-16(17)21-11)19(24)23-9-8-13-4-3-5-15(20)18(13)23/h3-7,10H,8-9H2,1-2H3. The molecule has 1 aliphatic rings. The number of hydrogen-bond donors (Lipinski definition) is 0. The van der Waals surface area contributed by atoms with Crippen molar-refractivity contribution in [2.45, 2.75) is 20.3 Å². The summed E-state index contributed by atoms with van der Waals surface area (Å²) in [5, 5.41) is 0. The normalized spacial score (nSPS) is 13.4. The second kappa shape index (κ2) is 5.37. The molecule has 2 heterocycles. The number of amides is 1. The summed E-state index contributed by atoms with van der Waals surface area (Å²) in [6.07, 6.45) is 0.671. The van der Waals surface area contributed by atoms with Crippen LogP contribution in [0.15, 0.2) is 36.4 Å². The third-order valence-corrected chi connectivity index (χ3v) is 4.51. The summed E-state index contributed by atoms with van der Waals surface area (Å²) >= 11 is 0. The molecular weight excluding hydrogens is 305 g/mol. The lowest BCUT2D eigenvalue weighted by Gasteiger charge is -2.18. The Bertz CT molecular complexity index is 984. The van der Waals surface area contributed by atoms with Gasteiger partial charge in [-0.15, -0.1) is 0 Å². The smallest absolute Gasteiger partial charge is 0.258 e. The van der Waals surface area contributed by atoms with Gasteiger partial charge in [0.05, 0.1) is 28.1 Å². The Morgan fingerprint density at radius 2 is 1.83 bits per heavy atom. The number of hydrogen-bond acceptors (Lipinski definition) is 3. The minimum atomic E-state index is -0.356. The first-order valence-corrected chi connectivity index (χ1v) is 7.89. The minimum Gasteiger partial charge on any atom is -0.305 e. The van der Waals surface area contributed by atoms with Crippen LogP contribution in [0, 0.1) is 19.7 Å². The summed E-state index contributed by atoms with van der Waals surface area (Å²) in [7, 11) is 0. The maximum Gasteiger partial charge on any atom is 0.258 e. The number of carbonyl (C=O) groups excluding carboxylic acids is 1. The average Bonchev–Trinajstić information content (AvgIpc) is 3.00. The highest BCUT2D eigenvalue weighted by Gasteiger charge is 2.28.